The Labute approximate surface area is 146 Å². The summed E-state index contributed by atoms with van der Waals surface area (Å²) in [6.45, 7) is 3.67. The van der Waals surface area contributed by atoms with E-state index in [2.05, 4.69) is 16.4 Å². The van der Waals surface area contributed by atoms with Crippen LogP contribution in [0.4, 0.5) is 9.93 Å². The highest BCUT2D eigenvalue weighted by Crippen LogP contribution is 2.16. The Kier molecular flexibility index (Phi) is 6.29. The highest BCUT2D eigenvalue weighted by Gasteiger charge is 2.16. The second-order valence-electron chi connectivity index (χ2n) is 5.76. The number of thiazole rings is 1. The zero-order chi connectivity index (χ0) is 17.5. The smallest absolute Gasteiger partial charge is 0.319 e. The van der Waals surface area contributed by atoms with E-state index in [9.17, 15) is 4.79 Å². The first kappa shape index (κ1) is 17.9. The van der Waals surface area contributed by atoms with Gasteiger partial charge in [0, 0.05) is 25.0 Å². The monoisotopic (exact) mass is 343 g/mol. The molecule has 0 saturated carbocycles. The molecule has 0 aliphatic carbocycles. The molecular formula is C17H21N5OS. The second-order valence-corrected chi connectivity index (χ2v) is 6.62. The van der Waals surface area contributed by atoms with E-state index in [0.717, 1.165) is 17.8 Å². The molecule has 1 aromatic carbocycles. The van der Waals surface area contributed by atoms with Gasteiger partial charge in [0.05, 0.1) is 17.3 Å². The number of nitriles is 1. The lowest BCUT2D eigenvalue weighted by molar-refractivity contribution is 0.202. The topological polar surface area (TPSA) is 72.3 Å². The van der Waals surface area contributed by atoms with Crippen molar-refractivity contribution in [2.24, 2.45) is 0 Å². The van der Waals surface area contributed by atoms with Gasteiger partial charge in [-0.1, -0.05) is 12.1 Å². The lowest BCUT2D eigenvalue weighted by atomic mass is 10.1. The third kappa shape index (κ3) is 5.33. The van der Waals surface area contributed by atoms with Gasteiger partial charge in [0.25, 0.3) is 0 Å². The first-order chi connectivity index (χ1) is 11.5. The maximum Gasteiger partial charge on any atom is 0.323 e. The molecule has 126 valence electrons. The van der Waals surface area contributed by atoms with E-state index in [-0.39, 0.29) is 6.03 Å². The predicted octanol–water partition coefficient (Wildman–Crippen LogP) is 2.92. The van der Waals surface area contributed by atoms with Crippen LogP contribution in [-0.2, 0) is 6.54 Å². The number of rotatable bonds is 6. The minimum atomic E-state index is -0.187. The molecule has 0 aliphatic rings. The third-order valence-corrected chi connectivity index (χ3v) is 4.24. The summed E-state index contributed by atoms with van der Waals surface area (Å²) in [5.41, 5.74) is 2.41. The van der Waals surface area contributed by atoms with Crippen LogP contribution in [0.3, 0.4) is 0 Å². The first-order valence-corrected chi connectivity index (χ1v) is 8.47. The minimum absolute atomic E-state index is 0.187. The van der Waals surface area contributed by atoms with E-state index < -0.39 is 0 Å². The number of aromatic nitrogens is 1. The van der Waals surface area contributed by atoms with Gasteiger partial charge in [-0.15, -0.1) is 11.3 Å². The molecule has 24 heavy (non-hydrogen) atoms. The number of hydrogen-bond donors (Lipinski definition) is 1. The predicted molar refractivity (Wildman–Crippen MR) is 96.0 cm³/mol. The van der Waals surface area contributed by atoms with Crippen LogP contribution in [0, 0.1) is 18.3 Å². The van der Waals surface area contributed by atoms with E-state index >= 15 is 0 Å². The molecule has 0 atom stereocenters. The van der Waals surface area contributed by atoms with Gasteiger partial charge in [-0.2, -0.15) is 5.26 Å². The van der Waals surface area contributed by atoms with Crippen molar-refractivity contribution in [3.05, 3.63) is 46.5 Å². The average molecular weight is 343 g/mol. The maximum absolute atomic E-state index is 12.6. The molecule has 7 heteroatoms. The molecule has 0 aliphatic heterocycles. The van der Waals surface area contributed by atoms with E-state index in [1.807, 2.05) is 49.5 Å². The van der Waals surface area contributed by atoms with Gasteiger partial charge in [0.15, 0.2) is 5.13 Å². The molecule has 0 radical (unpaired) electrons. The number of benzene rings is 1. The Morgan fingerprint density at radius 1 is 1.38 bits per heavy atom. The van der Waals surface area contributed by atoms with Gasteiger partial charge in [-0.25, -0.2) is 9.78 Å². The second kappa shape index (κ2) is 8.43. The summed E-state index contributed by atoms with van der Waals surface area (Å²) in [6.07, 6.45) is 0. The summed E-state index contributed by atoms with van der Waals surface area (Å²) in [6, 6.07) is 9.26. The number of hydrogen-bond acceptors (Lipinski definition) is 5. The molecule has 0 bridgehead atoms. The number of nitrogens with zero attached hydrogens (tertiary/aromatic N) is 4. The number of aryl methyl sites for hydroxylation is 1. The van der Waals surface area contributed by atoms with Gasteiger partial charge in [-0.05, 0) is 38.7 Å². The highest BCUT2D eigenvalue weighted by atomic mass is 32.1. The number of carbonyl (C=O) groups excluding carboxylic acids is 1. The average Bonchev–Trinajstić information content (AvgIpc) is 2.96. The Bertz CT molecular complexity index is 735. The van der Waals surface area contributed by atoms with Crippen molar-refractivity contribution in [3.8, 4) is 6.07 Å². The van der Waals surface area contributed by atoms with E-state index in [4.69, 9.17) is 5.26 Å². The van der Waals surface area contributed by atoms with Crippen LogP contribution < -0.4 is 5.32 Å². The summed E-state index contributed by atoms with van der Waals surface area (Å²) < 4.78 is 0. The number of carbonyl (C=O) groups is 1. The van der Waals surface area contributed by atoms with E-state index in [0.29, 0.717) is 23.8 Å². The fourth-order valence-corrected chi connectivity index (χ4v) is 2.79. The maximum atomic E-state index is 12.6. The number of amides is 2. The zero-order valence-corrected chi connectivity index (χ0v) is 14.9. The molecule has 0 fully saturated rings. The fourth-order valence-electron chi connectivity index (χ4n) is 2.11. The Hall–Kier alpha value is -2.43. The van der Waals surface area contributed by atoms with Crippen molar-refractivity contribution < 1.29 is 4.79 Å². The Balaban J connectivity index is 2.10. The van der Waals surface area contributed by atoms with E-state index in [1.165, 1.54) is 11.3 Å². The minimum Gasteiger partial charge on any atom is -0.319 e. The summed E-state index contributed by atoms with van der Waals surface area (Å²) in [4.78, 5) is 20.6. The van der Waals surface area contributed by atoms with Crippen LogP contribution in [0.5, 0.6) is 0 Å². The number of nitrogens with one attached hydrogen (secondary N) is 1. The van der Waals surface area contributed by atoms with Gasteiger partial charge in [0.2, 0.25) is 0 Å². The van der Waals surface area contributed by atoms with Gasteiger partial charge in [0.1, 0.15) is 0 Å². The molecule has 1 heterocycles. The molecule has 2 aromatic rings. The van der Waals surface area contributed by atoms with E-state index in [1.54, 1.807) is 11.0 Å². The first-order valence-electron chi connectivity index (χ1n) is 7.60. The van der Waals surface area contributed by atoms with Crippen molar-refractivity contribution >= 4 is 22.5 Å². The van der Waals surface area contributed by atoms with Crippen LogP contribution in [0.25, 0.3) is 0 Å². The molecule has 1 aromatic heterocycles. The molecule has 6 nitrogen and oxygen atoms in total. The van der Waals surface area contributed by atoms with Crippen molar-refractivity contribution in [1.82, 2.24) is 14.8 Å². The molecule has 0 saturated heterocycles. The van der Waals surface area contributed by atoms with Crippen LogP contribution in [0.2, 0.25) is 0 Å². The number of urea groups is 1. The standard InChI is InChI=1S/C17H21N5OS/c1-13-12-24-16(19-13)20-17(23)22(8-7-21(2)3)11-15-6-4-5-14(9-15)10-18/h4-6,9,12H,7-8,11H2,1-3H3,(H,19,20,23). The molecular weight excluding hydrogens is 322 g/mol. The number of likely N-dealkylation sites (N-methyl/N-ethyl adjacent to an activating group) is 1. The lowest BCUT2D eigenvalue weighted by Gasteiger charge is -2.24. The number of anilines is 1. The van der Waals surface area contributed by atoms with Crippen LogP contribution >= 0.6 is 11.3 Å². The Morgan fingerprint density at radius 2 is 2.17 bits per heavy atom. The van der Waals surface area contributed by atoms with Gasteiger partial charge >= 0.3 is 6.03 Å². The largest absolute Gasteiger partial charge is 0.323 e. The van der Waals surface area contributed by atoms with Gasteiger partial charge < -0.3 is 9.80 Å². The van der Waals surface area contributed by atoms with Crippen LogP contribution in [-0.4, -0.2) is 48.0 Å². The summed E-state index contributed by atoms with van der Waals surface area (Å²) in [5, 5.41) is 14.4. The normalized spacial score (nSPS) is 10.5. The van der Waals surface area contributed by atoms with Crippen molar-refractivity contribution in [1.29, 1.82) is 5.26 Å². The van der Waals surface area contributed by atoms with Crippen molar-refractivity contribution in [3.63, 3.8) is 0 Å². The molecule has 2 rings (SSSR count). The van der Waals surface area contributed by atoms with Crippen LogP contribution in [0.15, 0.2) is 29.6 Å². The molecule has 2 amide bonds. The van der Waals surface area contributed by atoms with Crippen molar-refractivity contribution in [2.45, 2.75) is 13.5 Å². The Morgan fingerprint density at radius 3 is 2.79 bits per heavy atom. The zero-order valence-electron chi connectivity index (χ0n) is 14.1. The lowest BCUT2D eigenvalue weighted by Crippen LogP contribution is -2.39. The highest BCUT2D eigenvalue weighted by molar-refractivity contribution is 7.13. The van der Waals surface area contributed by atoms with Gasteiger partial charge in [-0.3, -0.25) is 5.32 Å². The molecule has 0 unspecified atom stereocenters. The molecule has 1 N–H and O–H groups in total. The fraction of sp³-hybridized carbons (Fsp3) is 0.353. The SMILES string of the molecule is Cc1csc(NC(=O)N(CCN(C)C)Cc2cccc(C#N)c2)n1. The summed E-state index contributed by atoms with van der Waals surface area (Å²) in [7, 11) is 3.94. The van der Waals surface area contributed by atoms with Crippen molar-refractivity contribution in [2.75, 3.05) is 32.5 Å². The molecule has 0 spiro atoms. The summed E-state index contributed by atoms with van der Waals surface area (Å²) >= 11 is 1.41. The van der Waals surface area contributed by atoms with Crippen LogP contribution in [0.1, 0.15) is 16.8 Å². The quantitative estimate of drug-likeness (QED) is 0.875. The summed E-state index contributed by atoms with van der Waals surface area (Å²) in [5.74, 6) is 0. The third-order valence-electron chi connectivity index (χ3n) is 3.37.